The van der Waals surface area contributed by atoms with E-state index in [0.717, 1.165) is 42.0 Å². The largest absolute Gasteiger partial charge is 0.299 e. The van der Waals surface area contributed by atoms with E-state index in [4.69, 9.17) is 0 Å². The number of aromatic amines is 1. The van der Waals surface area contributed by atoms with E-state index in [0.29, 0.717) is 13.1 Å². The molecule has 0 saturated heterocycles. The molecular weight excluding hydrogens is 300 g/mol. The summed E-state index contributed by atoms with van der Waals surface area (Å²) in [6.07, 6.45) is 2.69. The number of hydrogen-bond donors (Lipinski definition) is 1. The molecule has 0 aliphatic carbocycles. The molecule has 1 aliphatic rings. The molecule has 122 valence electrons. The van der Waals surface area contributed by atoms with Gasteiger partial charge in [-0.15, -0.1) is 0 Å². The van der Waals surface area contributed by atoms with Gasteiger partial charge in [0.2, 0.25) is 0 Å². The predicted octanol–water partition coefficient (Wildman–Crippen LogP) is 2.18. The number of pyridine rings is 1. The van der Waals surface area contributed by atoms with Gasteiger partial charge in [0.25, 0.3) is 5.56 Å². The zero-order chi connectivity index (χ0) is 16.4. The normalized spacial score (nSPS) is 14.5. The maximum absolute atomic E-state index is 12.7. The molecular formula is C19H20N4O. The molecule has 4 rings (SSSR count). The molecule has 0 radical (unpaired) electrons. The average Bonchev–Trinajstić information content (AvgIpc) is 2.93. The van der Waals surface area contributed by atoms with Gasteiger partial charge in [-0.1, -0.05) is 36.4 Å². The van der Waals surface area contributed by atoms with Crippen LogP contribution in [0, 0.1) is 0 Å². The first-order chi connectivity index (χ1) is 11.8. The second-order valence-corrected chi connectivity index (χ2v) is 6.23. The fourth-order valence-electron chi connectivity index (χ4n) is 3.25. The molecule has 0 fully saturated rings. The Kier molecular flexibility index (Phi) is 4.01. The van der Waals surface area contributed by atoms with Gasteiger partial charge in [0, 0.05) is 37.9 Å². The smallest absolute Gasteiger partial charge is 0.271 e. The Morgan fingerprint density at radius 1 is 1.04 bits per heavy atom. The van der Waals surface area contributed by atoms with E-state index in [1.54, 1.807) is 4.68 Å². The van der Waals surface area contributed by atoms with Crippen LogP contribution in [0.2, 0.25) is 0 Å². The van der Waals surface area contributed by atoms with E-state index in [1.165, 1.54) is 0 Å². The molecule has 2 aromatic heterocycles. The van der Waals surface area contributed by atoms with Gasteiger partial charge in [-0.25, -0.2) is 4.68 Å². The van der Waals surface area contributed by atoms with Crippen molar-refractivity contribution in [1.82, 2.24) is 19.7 Å². The van der Waals surface area contributed by atoms with Crippen LogP contribution in [0.3, 0.4) is 0 Å². The van der Waals surface area contributed by atoms with Crippen molar-refractivity contribution < 1.29 is 0 Å². The number of nitrogens with zero attached hydrogens (tertiary/aromatic N) is 3. The first-order valence-corrected chi connectivity index (χ1v) is 8.26. The number of fused-ring (bicyclic) bond motifs is 1. The number of aromatic nitrogens is 3. The van der Waals surface area contributed by atoms with Crippen LogP contribution in [0.1, 0.15) is 22.5 Å². The fraction of sp³-hybridized carbons (Fsp3) is 0.263. The van der Waals surface area contributed by atoms with Gasteiger partial charge >= 0.3 is 0 Å². The maximum Gasteiger partial charge on any atom is 0.271 e. The second kappa shape index (κ2) is 6.45. The van der Waals surface area contributed by atoms with Crippen molar-refractivity contribution in [3.63, 3.8) is 0 Å². The van der Waals surface area contributed by atoms with Crippen molar-refractivity contribution in [3.05, 3.63) is 87.6 Å². The van der Waals surface area contributed by atoms with Crippen molar-refractivity contribution in [2.75, 3.05) is 6.54 Å². The summed E-state index contributed by atoms with van der Waals surface area (Å²) in [5.41, 5.74) is 4.24. The molecule has 24 heavy (non-hydrogen) atoms. The molecule has 0 unspecified atom stereocenters. The van der Waals surface area contributed by atoms with Crippen LogP contribution in [0.15, 0.2) is 59.5 Å². The van der Waals surface area contributed by atoms with Crippen LogP contribution in [-0.2, 0) is 26.1 Å². The Labute approximate surface area is 140 Å². The van der Waals surface area contributed by atoms with E-state index in [2.05, 4.69) is 15.0 Å². The van der Waals surface area contributed by atoms with Gasteiger partial charge in [0.15, 0.2) is 0 Å². The van der Waals surface area contributed by atoms with E-state index in [9.17, 15) is 4.79 Å². The van der Waals surface area contributed by atoms with Crippen LogP contribution in [-0.4, -0.2) is 26.2 Å². The minimum absolute atomic E-state index is 0.0968. The van der Waals surface area contributed by atoms with Crippen LogP contribution in [0.5, 0.6) is 0 Å². The zero-order valence-electron chi connectivity index (χ0n) is 13.5. The topological polar surface area (TPSA) is 53.9 Å². The molecule has 1 N–H and O–H groups in total. The third kappa shape index (κ3) is 3.03. The Hall–Kier alpha value is -2.66. The lowest BCUT2D eigenvalue weighted by atomic mass is 10.1. The lowest BCUT2D eigenvalue weighted by Gasteiger charge is -2.25. The van der Waals surface area contributed by atoms with E-state index in [-0.39, 0.29) is 5.56 Å². The predicted molar refractivity (Wildman–Crippen MR) is 92.7 cm³/mol. The Morgan fingerprint density at radius 3 is 2.67 bits per heavy atom. The first-order valence-electron chi connectivity index (χ1n) is 8.26. The molecule has 3 aromatic rings. The molecule has 1 aliphatic heterocycles. The number of rotatable bonds is 4. The third-order valence-electron chi connectivity index (χ3n) is 4.49. The monoisotopic (exact) mass is 320 g/mol. The first kappa shape index (κ1) is 14.9. The molecule has 0 spiro atoms. The third-order valence-corrected chi connectivity index (χ3v) is 4.49. The molecule has 0 amide bonds. The van der Waals surface area contributed by atoms with Crippen molar-refractivity contribution in [2.24, 2.45) is 0 Å². The van der Waals surface area contributed by atoms with Crippen LogP contribution >= 0.6 is 0 Å². The molecule has 5 heteroatoms. The van der Waals surface area contributed by atoms with Crippen molar-refractivity contribution in [1.29, 1.82) is 0 Å². The second-order valence-electron chi connectivity index (χ2n) is 6.23. The van der Waals surface area contributed by atoms with Crippen molar-refractivity contribution >= 4 is 0 Å². The highest BCUT2D eigenvalue weighted by atomic mass is 16.1. The van der Waals surface area contributed by atoms with E-state index >= 15 is 0 Å². The van der Waals surface area contributed by atoms with Gasteiger partial charge in [-0.05, 0) is 17.7 Å². The highest BCUT2D eigenvalue weighted by Gasteiger charge is 2.22. The minimum atomic E-state index is 0.0968. The SMILES string of the molecule is O=c1c2c([nH]n1Cc1ccccc1)CCN(Cc1ccccn1)C2. The summed E-state index contributed by atoms with van der Waals surface area (Å²) in [6, 6.07) is 16.0. The molecule has 3 heterocycles. The number of hydrogen-bond acceptors (Lipinski definition) is 3. The van der Waals surface area contributed by atoms with Crippen molar-refractivity contribution in [2.45, 2.75) is 26.1 Å². The highest BCUT2D eigenvalue weighted by molar-refractivity contribution is 5.22. The molecule has 1 aromatic carbocycles. The van der Waals surface area contributed by atoms with E-state index in [1.807, 2.05) is 54.7 Å². The lowest BCUT2D eigenvalue weighted by molar-refractivity contribution is 0.241. The van der Waals surface area contributed by atoms with Gasteiger partial charge in [0.05, 0.1) is 17.8 Å². The average molecular weight is 320 g/mol. The summed E-state index contributed by atoms with van der Waals surface area (Å²) < 4.78 is 1.73. The Balaban J connectivity index is 1.53. The van der Waals surface area contributed by atoms with Gasteiger partial charge < -0.3 is 0 Å². The minimum Gasteiger partial charge on any atom is -0.299 e. The Morgan fingerprint density at radius 2 is 1.88 bits per heavy atom. The van der Waals surface area contributed by atoms with Crippen LogP contribution in [0.4, 0.5) is 0 Å². The Bertz CT molecular complexity index is 867. The van der Waals surface area contributed by atoms with Crippen molar-refractivity contribution in [3.8, 4) is 0 Å². The summed E-state index contributed by atoms with van der Waals surface area (Å²) in [7, 11) is 0. The zero-order valence-corrected chi connectivity index (χ0v) is 13.5. The highest BCUT2D eigenvalue weighted by Crippen LogP contribution is 2.16. The lowest BCUT2D eigenvalue weighted by Crippen LogP contribution is -2.32. The summed E-state index contributed by atoms with van der Waals surface area (Å²) in [4.78, 5) is 19.4. The number of benzene rings is 1. The number of nitrogens with one attached hydrogen (secondary N) is 1. The summed E-state index contributed by atoms with van der Waals surface area (Å²) >= 11 is 0. The molecule has 0 atom stereocenters. The fourth-order valence-corrected chi connectivity index (χ4v) is 3.25. The summed E-state index contributed by atoms with van der Waals surface area (Å²) in [5.74, 6) is 0. The number of H-pyrrole nitrogens is 1. The molecule has 0 saturated carbocycles. The molecule has 0 bridgehead atoms. The summed E-state index contributed by atoms with van der Waals surface area (Å²) in [5, 5.41) is 3.30. The van der Waals surface area contributed by atoms with Gasteiger partial charge in [-0.2, -0.15) is 0 Å². The summed E-state index contributed by atoms with van der Waals surface area (Å²) in [6.45, 7) is 2.99. The maximum atomic E-state index is 12.7. The van der Waals surface area contributed by atoms with Gasteiger partial charge in [-0.3, -0.25) is 19.8 Å². The van der Waals surface area contributed by atoms with Crippen LogP contribution in [0.25, 0.3) is 0 Å². The van der Waals surface area contributed by atoms with E-state index < -0.39 is 0 Å². The standard InChI is InChI=1S/C19H20N4O/c24-19-17-14-22(13-16-8-4-5-10-20-16)11-9-18(17)21-23(19)12-15-6-2-1-3-7-15/h1-8,10,21H,9,11-14H2. The van der Waals surface area contributed by atoms with Crippen LogP contribution < -0.4 is 5.56 Å². The van der Waals surface area contributed by atoms with Gasteiger partial charge in [0.1, 0.15) is 0 Å². The quantitative estimate of drug-likeness (QED) is 0.801. The molecule has 5 nitrogen and oxygen atoms in total.